The third kappa shape index (κ3) is 3.82. The average Bonchev–Trinajstić information content (AvgIpc) is 3.65. The second-order valence-corrected chi connectivity index (χ2v) is 10.8. The van der Waals surface area contributed by atoms with E-state index in [0.717, 1.165) is 66.0 Å². The lowest BCUT2D eigenvalue weighted by Gasteiger charge is -2.11. The molecule has 6 heteroatoms. The summed E-state index contributed by atoms with van der Waals surface area (Å²) in [5.74, 6) is 1.81. The van der Waals surface area contributed by atoms with Crippen molar-refractivity contribution in [2.45, 2.75) is 0 Å². The zero-order chi connectivity index (χ0) is 29.0. The zero-order valence-corrected chi connectivity index (χ0v) is 23.4. The summed E-state index contributed by atoms with van der Waals surface area (Å²) in [6, 6.07) is 43.4. The SMILES string of the molecule is c1ccc(-c2nc(-c3ccc(-c4cccc5c4oc4cnccc45)cc3)nc(-n3c4ccccc4c4ccccc43)n2)cc1. The van der Waals surface area contributed by atoms with Crippen LogP contribution in [0.2, 0.25) is 0 Å². The van der Waals surface area contributed by atoms with Crippen molar-refractivity contribution < 1.29 is 4.42 Å². The molecule has 0 radical (unpaired) electrons. The number of hydrogen-bond acceptors (Lipinski definition) is 5. The Morgan fingerprint density at radius 2 is 1.09 bits per heavy atom. The Hall–Kier alpha value is -6.14. The first-order valence-electron chi connectivity index (χ1n) is 14.5. The zero-order valence-electron chi connectivity index (χ0n) is 23.4. The molecule has 0 aliphatic carbocycles. The number of aromatic nitrogens is 5. The molecule has 0 fully saturated rings. The smallest absolute Gasteiger partial charge is 0.238 e. The van der Waals surface area contributed by atoms with Gasteiger partial charge in [0, 0.05) is 44.4 Å². The number of para-hydroxylation sites is 3. The van der Waals surface area contributed by atoms with E-state index in [0.29, 0.717) is 17.6 Å². The second-order valence-electron chi connectivity index (χ2n) is 10.8. The maximum atomic E-state index is 6.25. The number of rotatable bonds is 4. The number of furan rings is 1. The molecule has 0 aliphatic rings. The van der Waals surface area contributed by atoms with Crippen molar-refractivity contribution in [3.8, 4) is 39.9 Å². The van der Waals surface area contributed by atoms with Gasteiger partial charge in [-0.1, -0.05) is 109 Å². The van der Waals surface area contributed by atoms with Crippen LogP contribution < -0.4 is 0 Å². The minimum absolute atomic E-state index is 0.580. The Labute approximate surface area is 251 Å². The molecule has 0 amide bonds. The van der Waals surface area contributed by atoms with Gasteiger partial charge in [-0.25, -0.2) is 4.98 Å². The van der Waals surface area contributed by atoms with E-state index in [-0.39, 0.29) is 0 Å². The Bertz CT molecular complexity index is 2440. The van der Waals surface area contributed by atoms with Gasteiger partial charge in [-0.15, -0.1) is 0 Å². The molecular formula is C38H23N5O. The second kappa shape index (κ2) is 9.71. The van der Waals surface area contributed by atoms with Crippen LogP contribution in [0.25, 0.3) is 83.6 Å². The van der Waals surface area contributed by atoms with Crippen molar-refractivity contribution in [3.05, 3.63) is 140 Å². The first-order valence-corrected chi connectivity index (χ1v) is 14.5. The van der Waals surface area contributed by atoms with Gasteiger partial charge >= 0.3 is 0 Å². The van der Waals surface area contributed by atoms with E-state index in [1.54, 1.807) is 12.4 Å². The minimum Gasteiger partial charge on any atom is -0.454 e. The van der Waals surface area contributed by atoms with Crippen LogP contribution in [0.4, 0.5) is 0 Å². The van der Waals surface area contributed by atoms with Gasteiger partial charge in [-0.05, 0) is 23.8 Å². The van der Waals surface area contributed by atoms with E-state index >= 15 is 0 Å². The van der Waals surface area contributed by atoms with E-state index in [9.17, 15) is 0 Å². The van der Waals surface area contributed by atoms with Crippen molar-refractivity contribution in [2.24, 2.45) is 0 Å². The molecule has 44 heavy (non-hydrogen) atoms. The molecule has 0 spiro atoms. The minimum atomic E-state index is 0.580. The Morgan fingerprint density at radius 3 is 1.82 bits per heavy atom. The Kier molecular flexibility index (Phi) is 5.40. The quantitative estimate of drug-likeness (QED) is 0.213. The van der Waals surface area contributed by atoms with E-state index in [4.69, 9.17) is 19.4 Å². The molecule has 9 rings (SSSR count). The fourth-order valence-corrected chi connectivity index (χ4v) is 6.13. The van der Waals surface area contributed by atoms with Crippen LogP contribution in [-0.2, 0) is 0 Å². The molecule has 4 aromatic heterocycles. The summed E-state index contributed by atoms with van der Waals surface area (Å²) in [5.41, 5.74) is 7.63. The lowest BCUT2D eigenvalue weighted by atomic mass is 10.0. The Balaban J connectivity index is 1.22. The van der Waals surface area contributed by atoms with Gasteiger partial charge in [0.05, 0.1) is 17.2 Å². The highest BCUT2D eigenvalue weighted by Crippen LogP contribution is 2.36. The fraction of sp³-hybridized carbons (Fsp3) is 0. The number of fused-ring (bicyclic) bond motifs is 6. The van der Waals surface area contributed by atoms with Crippen molar-refractivity contribution >= 4 is 43.7 Å². The molecule has 0 unspecified atom stereocenters. The molecule has 206 valence electrons. The average molecular weight is 566 g/mol. The molecule has 0 saturated carbocycles. The maximum Gasteiger partial charge on any atom is 0.238 e. The molecule has 6 nitrogen and oxygen atoms in total. The third-order valence-corrected chi connectivity index (χ3v) is 8.19. The van der Waals surface area contributed by atoms with Crippen LogP contribution in [0.15, 0.2) is 144 Å². The van der Waals surface area contributed by atoms with E-state index in [2.05, 4.69) is 101 Å². The number of nitrogens with zero attached hydrogens (tertiary/aromatic N) is 5. The van der Waals surface area contributed by atoms with Crippen LogP contribution in [0, 0.1) is 0 Å². The predicted molar refractivity (Wildman–Crippen MR) is 176 cm³/mol. The molecule has 9 aromatic rings. The summed E-state index contributed by atoms with van der Waals surface area (Å²) in [4.78, 5) is 19.3. The monoisotopic (exact) mass is 565 g/mol. The first kappa shape index (κ1) is 24.5. The maximum absolute atomic E-state index is 6.25. The molecule has 0 bridgehead atoms. The van der Waals surface area contributed by atoms with Crippen molar-refractivity contribution in [3.63, 3.8) is 0 Å². The summed E-state index contributed by atoms with van der Waals surface area (Å²) >= 11 is 0. The van der Waals surface area contributed by atoms with Gasteiger partial charge in [0.2, 0.25) is 5.95 Å². The van der Waals surface area contributed by atoms with Crippen LogP contribution in [0.1, 0.15) is 0 Å². The van der Waals surface area contributed by atoms with Crippen LogP contribution in [0.5, 0.6) is 0 Å². The van der Waals surface area contributed by atoms with Crippen LogP contribution >= 0.6 is 0 Å². The largest absolute Gasteiger partial charge is 0.454 e. The molecule has 0 saturated heterocycles. The summed E-state index contributed by atoms with van der Waals surface area (Å²) < 4.78 is 8.38. The number of hydrogen-bond donors (Lipinski definition) is 0. The van der Waals surface area contributed by atoms with Crippen LogP contribution in [-0.4, -0.2) is 24.5 Å². The van der Waals surface area contributed by atoms with Crippen molar-refractivity contribution in [1.82, 2.24) is 24.5 Å². The standard InChI is InChI=1S/C38H23N5O/c1-2-9-25(10-3-1)36-40-37(42-38(41-36)43-32-15-6-4-11-28(32)29-12-5-7-16-33(29)43)26-19-17-24(18-20-26)27-13-8-14-31-30-21-22-39-23-34(30)44-35(27)31/h1-23H. The highest BCUT2D eigenvalue weighted by Gasteiger charge is 2.18. The van der Waals surface area contributed by atoms with Crippen LogP contribution in [0.3, 0.4) is 0 Å². The van der Waals surface area contributed by atoms with Gasteiger partial charge in [-0.2, -0.15) is 9.97 Å². The molecule has 4 heterocycles. The third-order valence-electron chi connectivity index (χ3n) is 8.19. The normalized spacial score (nSPS) is 11.6. The Morgan fingerprint density at radius 1 is 0.477 bits per heavy atom. The van der Waals surface area contributed by atoms with Gasteiger partial charge in [0.1, 0.15) is 5.58 Å². The number of benzene rings is 5. The first-order chi connectivity index (χ1) is 21.8. The van der Waals surface area contributed by atoms with Crippen molar-refractivity contribution in [2.75, 3.05) is 0 Å². The highest BCUT2D eigenvalue weighted by molar-refractivity contribution is 6.10. The molecular weight excluding hydrogens is 542 g/mol. The highest BCUT2D eigenvalue weighted by atomic mass is 16.3. The van der Waals surface area contributed by atoms with Gasteiger partial charge in [-0.3, -0.25) is 9.55 Å². The summed E-state index contributed by atoms with van der Waals surface area (Å²) in [6.07, 6.45) is 3.56. The topological polar surface area (TPSA) is 69.6 Å². The van der Waals surface area contributed by atoms with E-state index in [1.165, 1.54) is 0 Å². The van der Waals surface area contributed by atoms with E-state index < -0.39 is 0 Å². The summed E-state index contributed by atoms with van der Waals surface area (Å²) in [6.45, 7) is 0. The number of pyridine rings is 1. The molecule has 0 aliphatic heterocycles. The summed E-state index contributed by atoms with van der Waals surface area (Å²) in [7, 11) is 0. The van der Waals surface area contributed by atoms with Crippen molar-refractivity contribution in [1.29, 1.82) is 0 Å². The fourth-order valence-electron chi connectivity index (χ4n) is 6.13. The van der Waals surface area contributed by atoms with Gasteiger partial charge in [0.25, 0.3) is 0 Å². The van der Waals surface area contributed by atoms with E-state index in [1.807, 2.05) is 36.4 Å². The van der Waals surface area contributed by atoms with Gasteiger partial charge in [0.15, 0.2) is 17.2 Å². The lowest BCUT2D eigenvalue weighted by molar-refractivity contribution is 0.668. The summed E-state index contributed by atoms with van der Waals surface area (Å²) in [5, 5.41) is 4.45. The molecule has 0 N–H and O–H groups in total. The molecule has 0 atom stereocenters. The predicted octanol–water partition coefficient (Wildman–Crippen LogP) is 9.26. The van der Waals surface area contributed by atoms with Gasteiger partial charge < -0.3 is 4.42 Å². The molecule has 5 aromatic carbocycles. The lowest BCUT2D eigenvalue weighted by Crippen LogP contribution is -2.06.